The predicted molar refractivity (Wildman–Crippen MR) is 143 cm³/mol. The van der Waals surface area contributed by atoms with Gasteiger partial charge in [-0.05, 0) is 42.7 Å². The zero-order valence-electron chi connectivity index (χ0n) is 22.1. The molecular weight excluding hydrogens is 457 g/mol. The van der Waals surface area contributed by atoms with E-state index in [4.69, 9.17) is 5.73 Å². The summed E-state index contributed by atoms with van der Waals surface area (Å²) in [7, 11) is 3.48. The Morgan fingerprint density at radius 1 is 1.06 bits per heavy atom. The number of hydrazine groups is 1. The van der Waals surface area contributed by atoms with Gasteiger partial charge in [-0.15, -0.1) is 0 Å². The van der Waals surface area contributed by atoms with Crippen LogP contribution in [0.3, 0.4) is 0 Å². The van der Waals surface area contributed by atoms with Gasteiger partial charge in [0.05, 0.1) is 13.0 Å². The molecule has 3 rings (SSSR count). The first kappa shape index (κ1) is 28.6. The largest absolute Gasteiger partial charge is 0.398 e. The zero-order chi connectivity index (χ0) is 26.8. The monoisotopic (exact) mass is 495 g/mol. The Labute approximate surface area is 213 Å². The van der Waals surface area contributed by atoms with E-state index in [-0.39, 0.29) is 18.4 Å². The standard InChI is InChI=1S/C26H32FN5O2.C2H6/c1-17(2)25(28)22-10-9-20(11-23(22)27)13-29-26(34)21-14-30-32(16-21)15-19-7-5-18(6-8-19)12-24(33)31(3)4;1-2/h5-11,16,30H,12-15,28H2,1-4H3,(H,29,34);1-2H3. The van der Waals surface area contributed by atoms with Gasteiger partial charge in [-0.2, -0.15) is 0 Å². The number of benzene rings is 2. The van der Waals surface area contributed by atoms with Crippen molar-refractivity contribution in [1.82, 2.24) is 20.7 Å². The number of halogens is 1. The fraction of sp³-hybridized carbons (Fsp3) is 0.357. The number of hydrogen-bond acceptors (Lipinski definition) is 5. The van der Waals surface area contributed by atoms with Gasteiger partial charge >= 0.3 is 0 Å². The fourth-order valence-corrected chi connectivity index (χ4v) is 3.45. The molecule has 1 heterocycles. The molecule has 2 aromatic carbocycles. The Balaban J connectivity index is 0.00000222. The van der Waals surface area contributed by atoms with Crippen LogP contribution in [0.5, 0.6) is 0 Å². The van der Waals surface area contributed by atoms with Gasteiger partial charge in [0, 0.05) is 50.2 Å². The van der Waals surface area contributed by atoms with Gasteiger partial charge in [0.1, 0.15) is 5.82 Å². The molecular formula is C28H38FN5O2. The lowest BCUT2D eigenvalue weighted by Crippen LogP contribution is -2.30. The van der Waals surface area contributed by atoms with Crippen LogP contribution in [0.2, 0.25) is 0 Å². The van der Waals surface area contributed by atoms with Crippen molar-refractivity contribution in [3.8, 4) is 0 Å². The molecule has 0 radical (unpaired) electrons. The highest BCUT2D eigenvalue weighted by Crippen LogP contribution is 2.19. The lowest BCUT2D eigenvalue weighted by atomic mass is 10.1. The number of nitrogens with zero attached hydrogens (tertiary/aromatic N) is 2. The number of nitrogens with one attached hydrogen (secondary N) is 2. The minimum atomic E-state index is -0.407. The van der Waals surface area contributed by atoms with E-state index in [1.54, 1.807) is 37.3 Å². The molecule has 0 aromatic heterocycles. The van der Waals surface area contributed by atoms with Crippen molar-refractivity contribution in [2.75, 3.05) is 20.6 Å². The number of allylic oxidation sites excluding steroid dienone is 1. The number of amides is 2. The molecule has 0 spiro atoms. The smallest absolute Gasteiger partial charge is 0.250 e. The van der Waals surface area contributed by atoms with E-state index in [9.17, 15) is 14.0 Å². The second-order valence-electron chi connectivity index (χ2n) is 8.81. The van der Waals surface area contributed by atoms with Crippen LogP contribution in [0, 0.1) is 5.82 Å². The van der Waals surface area contributed by atoms with Crippen molar-refractivity contribution in [3.63, 3.8) is 0 Å². The maximum atomic E-state index is 14.4. The van der Waals surface area contributed by atoms with Crippen LogP contribution >= 0.6 is 0 Å². The van der Waals surface area contributed by atoms with E-state index >= 15 is 0 Å². The van der Waals surface area contributed by atoms with E-state index < -0.39 is 5.82 Å². The van der Waals surface area contributed by atoms with Crippen LogP contribution in [0.25, 0.3) is 5.70 Å². The molecule has 2 aromatic rings. The molecule has 0 unspecified atom stereocenters. The van der Waals surface area contributed by atoms with Crippen LogP contribution in [0.15, 0.2) is 59.8 Å². The highest BCUT2D eigenvalue weighted by atomic mass is 19.1. The van der Waals surface area contributed by atoms with E-state index in [0.29, 0.717) is 41.9 Å². The molecule has 2 amide bonds. The van der Waals surface area contributed by atoms with Crippen molar-refractivity contribution in [2.24, 2.45) is 5.73 Å². The molecule has 0 atom stereocenters. The Morgan fingerprint density at radius 2 is 1.67 bits per heavy atom. The minimum absolute atomic E-state index is 0.0586. The third kappa shape index (κ3) is 7.95. The van der Waals surface area contributed by atoms with Gasteiger partial charge in [0.15, 0.2) is 0 Å². The lowest BCUT2D eigenvalue weighted by Gasteiger charge is -2.16. The lowest BCUT2D eigenvalue weighted by molar-refractivity contribution is -0.128. The quantitative estimate of drug-likeness (QED) is 0.519. The van der Waals surface area contributed by atoms with Gasteiger partial charge in [-0.25, -0.2) is 9.82 Å². The Kier molecular flexibility index (Phi) is 10.7. The Bertz CT molecular complexity index is 1120. The summed E-state index contributed by atoms with van der Waals surface area (Å²) in [5, 5.41) is 4.69. The van der Waals surface area contributed by atoms with E-state index in [2.05, 4.69) is 10.7 Å². The summed E-state index contributed by atoms with van der Waals surface area (Å²) >= 11 is 0. The summed E-state index contributed by atoms with van der Waals surface area (Å²) in [6, 6.07) is 12.6. The molecule has 0 saturated heterocycles. The zero-order valence-corrected chi connectivity index (χ0v) is 22.1. The van der Waals surface area contributed by atoms with E-state index in [1.807, 2.05) is 57.0 Å². The Morgan fingerprint density at radius 3 is 2.25 bits per heavy atom. The van der Waals surface area contributed by atoms with Crippen molar-refractivity contribution in [2.45, 2.75) is 47.2 Å². The van der Waals surface area contributed by atoms with Gasteiger partial charge in [0.25, 0.3) is 0 Å². The molecule has 1 aliphatic rings. The van der Waals surface area contributed by atoms with Crippen LogP contribution in [0.4, 0.5) is 4.39 Å². The number of likely N-dealkylation sites (N-methyl/N-ethyl adjacent to an activating group) is 1. The molecule has 36 heavy (non-hydrogen) atoms. The predicted octanol–water partition coefficient (Wildman–Crippen LogP) is 3.71. The molecule has 0 saturated carbocycles. The first-order chi connectivity index (χ1) is 17.1. The Hall–Kier alpha value is -3.65. The van der Waals surface area contributed by atoms with E-state index in [1.165, 1.54) is 6.07 Å². The van der Waals surface area contributed by atoms with Crippen LogP contribution in [-0.4, -0.2) is 42.4 Å². The molecule has 8 heteroatoms. The number of carbonyl (C=O) groups excluding carboxylic acids is 2. The molecule has 7 nitrogen and oxygen atoms in total. The average molecular weight is 496 g/mol. The van der Waals surface area contributed by atoms with Crippen LogP contribution in [0.1, 0.15) is 49.9 Å². The number of hydrogen-bond donors (Lipinski definition) is 3. The highest BCUT2D eigenvalue weighted by molar-refractivity contribution is 5.94. The fourth-order valence-electron chi connectivity index (χ4n) is 3.45. The average Bonchev–Trinajstić information content (AvgIpc) is 3.33. The summed E-state index contributed by atoms with van der Waals surface area (Å²) in [5.41, 5.74) is 14.0. The van der Waals surface area contributed by atoms with Crippen molar-refractivity contribution in [3.05, 3.63) is 87.9 Å². The summed E-state index contributed by atoms with van der Waals surface area (Å²) in [6.45, 7) is 8.87. The molecule has 4 N–H and O–H groups in total. The molecule has 0 aliphatic carbocycles. The van der Waals surface area contributed by atoms with Gasteiger partial charge in [0.2, 0.25) is 11.8 Å². The van der Waals surface area contributed by atoms with Gasteiger partial charge in [-0.3, -0.25) is 9.59 Å². The van der Waals surface area contributed by atoms with E-state index in [0.717, 1.165) is 16.7 Å². The van der Waals surface area contributed by atoms with Crippen LogP contribution < -0.4 is 16.5 Å². The highest BCUT2D eigenvalue weighted by Gasteiger charge is 2.18. The topological polar surface area (TPSA) is 90.7 Å². The maximum absolute atomic E-state index is 14.4. The van der Waals surface area contributed by atoms with Crippen molar-refractivity contribution >= 4 is 17.5 Å². The second-order valence-corrected chi connectivity index (χ2v) is 8.81. The molecule has 1 aliphatic heterocycles. The van der Waals surface area contributed by atoms with Gasteiger partial charge in [-0.1, -0.05) is 49.8 Å². The van der Waals surface area contributed by atoms with Crippen molar-refractivity contribution in [1.29, 1.82) is 0 Å². The number of carbonyl (C=O) groups is 2. The van der Waals surface area contributed by atoms with Crippen LogP contribution in [-0.2, 0) is 29.1 Å². The minimum Gasteiger partial charge on any atom is -0.398 e. The van der Waals surface area contributed by atoms with Gasteiger partial charge < -0.3 is 21.0 Å². The first-order valence-electron chi connectivity index (χ1n) is 12.1. The first-order valence-corrected chi connectivity index (χ1v) is 12.1. The molecule has 0 bridgehead atoms. The normalized spacial score (nSPS) is 12.3. The second kappa shape index (κ2) is 13.4. The number of rotatable bonds is 8. The maximum Gasteiger partial charge on any atom is 0.250 e. The summed E-state index contributed by atoms with van der Waals surface area (Å²) in [4.78, 5) is 26.0. The third-order valence-electron chi connectivity index (χ3n) is 5.62. The SMILES string of the molecule is CC.CC(C)=C(N)c1ccc(CNC(=O)C2=CN(Cc3ccc(CC(=O)N(C)C)cc3)NC2)cc1F. The van der Waals surface area contributed by atoms with Crippen molar-refractivity contribution < 1.29 is 14.0 Å². The molecule has 0 fully saturated rings. The number of nitrogens with two attached hydrogens (primary N) is 1. The summed E-state index contributed by atoms with van der Waals surface area (Å²) in [6.07, 6.45) is 2.15. The summed E-state index contributed by atoms with van der Waals surface area (Å²) < 4.78 is 14.4. The third-order valence-corrected chi connectivity index (χ3v) is 5.62. The molecule has 194 valence electrons. The summed E-state index contributed by atoms with van der Waals surface area (Å²) in [5.74, 6) is -0.556.